The van der Waals surface area contributed by atoms with Crippen LogP contribution in [0, 0.1) is 5.41 Å². The molecular weight excluding hydrogens is 330 g/mol. The summed E-state index contributed by atoms with van der Waals surface area (Å²) in [4.78, 5) is 26.8. The van der Waals surface area contributed by atoms with Crippen LogP contribution in [0.4, 0.5) is 11.4 Å². The van der Waals surface area contributed by atoms with E-state index in [9.17, 15) is 9.59 Å². The molecule has 0 spiro atoms. The number of primary amides is 1. The smallest absolute Gasteiger partial charge is 0.267 e. The lowest BCUT2D eigenvalue weighted by molar-refractivity contribution is -0.112. The summed E-state index contributed by atoms with van der Waals surface area (Å²) in [6.45, 7) is 3.38. The van der Waals surface area contributed by atoms with E-state index >= 15 is 0 Å². The van der Waals surface area contributed by atoms with E-state index in [2.05, 4.69) is 16.9 Å². The highest BCUT2D eigenvalue weighted by Crippen LogP contribution is 2.28. The highest BCUT2D eigenvalue weighted by atomic mass is 35.5. The van der Waals surface area contributed by atoms with Gasteiger partial charge in [0.05, 0.1) is 17.6 Å². The Hall–Kier alpha value is -3.19. The first-order chi connectivity index (χ1) is 11.3. The second-order valence-electron chi connectivity index (χ2n) is 4.82. The number of hydrogen-bond donors (Lipinski definition) is 4. The SMILES string of the molecule is C=CC(=O)Nc1cc(Cl)cc(-c2cc(C(=N)C(N)=O)c(N)cn2)c1. The van der Waals surface area contributed by atoms with Crippen LogP contribution in [0.25, 0.3) is 11.3 Å². The first-order valence-electron chi connectivity index (χ1n) is 6.70. The van der Waals surface area contributed by atoms with Gasteiger partial charge < -0.3 is 16.8 Å². The number of nitrogen functional groups attached to an aromatic ring is 1. The fourth-order valence-electron chi connectivity index (χ4n) is 1.98. The average Bonchev–Trinajstić information content (AvgIpc) is 2.53. The monoisotopic (exact) mass is 343 g/mol. The Balaban J connectivity index is 2.50. The number of nitrogens with zero attached hydrogens (tertiary/aromatic N) is 1. The van der Waals surface area contributed by atoms with Crippen LogP contribution in [0.1, 0.15) is 5.56 Å². The van der Waals surface area contributed by atoms with E-state index in [1.54, 1.807) is 18.2 Å². The average molecular weight is 344 g/mol. The van der Waals surface area contributed by atoms with Crippen molar-refractivity contribution in [1.29, 1.82) is 5.41 Å². The lowest BCUT2D eigenvalue weighted by Gasteiger charge is -2.10. The number of rotatable bonds is 5. The van der Waals surface area contributed by atoms with Crippen LogP contribution in [0.5, 0.6) is 0 Å². The molecule has 122 valence electrons. The van der Waals surface area contributed by atoms with E-state index in [0.29, 0.717) is 22.0 Å². The van der Waals surface area contributed by atoms with Crippen LogP contribution in [0.15, 0.2) is 43.1 Å². The van der Waals surface area contributed by atoms with Gasteiger partial charge >= 0.3 is 0 Å². The van der Waals surface area contributed by atoms with Crippen molar-refractivity contribution in [3.8, 4) is 11.3 Å². The number of aromatic nitrogens is 1. The Morgan fingerprint density at radius 1 is 1.29 bits per heavy atom. The Labute approximate surface area is 142 Å². The van der Waals surface area contributed by atoms with Gasteiger partial charge in [0, 0.05) is 21.8 Å². The first-order valence-corrected chi connectivity index (χ1v) is 7.08. The van der Waals surface area contributed by atoms with E-state index in [4.69, 9.17) is 28.5 Å². The number of carbonyl (C=O) groups is 2. The van der Waals surface area contributed by atoms with Crippen LogP contribution >= 0.6 is 11.6 Å². The molecule has 2 aromatic rings. The van der Waals surface area contributed by atoms with Crippen LogP contribution in [0.2, 0.25) is 5.02 Å². The zero-order chi connectivity index (χ0) is 17.9. The Morgan fingerprint density at radius 3 is 2.62 bits per heavy atom. The van der Waals surface area contributed by atoms with E-state index in [-0.39, 0.29) is 17.2 Å². The van der Waals surface area contributed by atoms with Crippen molar-refractivity contribution in [3.63, 3.8) is 0 Å². The minimum Gasteiger partial charge on any atom is -0.397 e. The van der Waals surface area contributed by atoms with Crippen molar-refractivity contribution in [2.75, 3.05) is 11.1 Å². The largest absolute Gasteiger partial charge is 0.397 e. The molecule has 24 heavy (non-hydrogen) atoms. The molecule has 1 heterocycles. The summed E-state index contributed by atoms with van der Waals surface area (Å²) in [7, 11) is 0. The molecule has 0 bridgehead atoms. The molecule has 0 aliphatic carbocycles. The van der Waals surface area contributed by atoms with Gasteiger partial charge in [0.25, 0.3) is 5.91 Å². The minimum atomic E-state index is -0.899. The van der Waals surface area contributed by atoms with Crippen LogP contribution in [-0.2, 0) is 9.59 Å². The van der Waals surface area contributed by atoms with Gasteiger partial charge in [-0.25, -0.2) is 0 Å². The summed E-state index contributed by atoms with van der Waals surface area (Å²) in [5.74, 6) is -1.28. The second-order valence-corrected chi connectivity index (χ2v) is 5.25. The number of halogens is 1. The molecule has 0 aliphatic rings. The van der Waals surface area contributed by atoms with Crippen molar-refractivity contribution in [2.24, 2.45) is 5.73 Å². The molecule has 8 heteroatoms. The summed E-state index contributed by atoms with van der Waals surface area (Å²) in [5.41, 5.74) is 12.2. The zero-order valence-corrected chi connectivity index (χ0v) is 13.2. The van der Waals surface area contributed by atoms with Gasteiger partial charge in [0.15, 0.2) is 0 Å². The zero-order valence-electron chi connectivity index (χ0n) is 12.5. The molecule has 0 unspecified atom stereocenters. The molecule has 0 saturated carbocycles. The number of nitrogens with two attached hydrogens (primary N) is 2. The van der Waals surface area contributed by atoms with Gasteiger partial charge in [-0.3, -0.25) is 20.0 Å². The van der Waals surface area contributed by atoms with Crippen molar-refractivity contribution in [3.05, 3.63) is 53.7 Å². The molecule has 0 atom stereocenters. The Bertz CT molecular complexity index is 864. The summed E-state index contributed by atoms with van der Waals surface area (Å²) < 4.78 is 0. The number of nitrogens with one attached hydrogen (secondary N) is 2. The Kier molecular flexibility index (Phi) is 4.96. The molecule has 1 aromatic heterocycles. The van der Waals surface area contributed by atoms with Crippen LogP contribution in [-0.4, -0.2) is 22.5 Å². The van der Waals surface area contributed by atoms with E-state index in [1.807, 2.05) is 0 Å². The number of benzene rings is 1. The molecule has 0 saturated heterocycles. The van der Waals surface area contributed by atoms with Crippen LogP contribution in [0.3, 0.4) is 0 Å². The maximum atomic E-state index is 11.4. The number of anilines is 2. The summed E-state index contributed by atoms with van der Waals surface area (Å²) >= 11 is 6.06. The number of hydrogen-bond acceptors (Lipinski definition) is 5. The van der Waals surface area contributed by atoms with Crippen LogP contribution < -0.4 is 16.8 Å². The molecule has 0 aliphatic heterocycles. The van der Waals surface area contributed by atoms with Gasteiger partial charge in [-0.1, -0.05) is 18.2 Å². The molecule has 7 nitrogen and oxygen atoms in total. The third-order valence-electron chi connectivity index (χ3n) is 3.10. The minimum absolute atomic E-state index is 0.157. The highest BCUT2D eigenvalue weighted by molar-refractivity contribution is 6.44. The van der Waals surface area contributed by atoms with Gasteiger partial charge in [0.2, 0.25) is 5.91 Å². The quantitative estimate of drug-likeness (QED) is 0.487. The lowest BCUT2D eigenvalue weighted by atomic mass is 10.0. The van der Waals surface area contributed by atoms with Crippen molar-refractivity contribution >= 4 is 40.5 Å². The second kappa shape index (κ2) is 6.93. The number of pyridine rings is 1. The fraction of sp³-hybridized carbons (Fsp3) is 0. The van der Waals surface area contributed by atoms with Gasteiger partial charge in [-0.05, 0) is 30.3 Å². The van der Waals surface area contributed by atoms with Crippen molar-refractivity contribution in [2.45, 2.75) is 0 Å². The van der Waals surface area contributed by atoms with E-state index in [1.165, 1.54) is 12.3 Å². The summed E-state index contributed by atoms with van der Waals surface area (Å²) in [5, 5.41) is 10.7. The van der Waals surface area contributed by atoms with E-state index in [0.717, 1.165) is 6.08 Å². The van der Waals surface area contributed by atoms with Gasteiger partial charge in [0.1, 0.15) is 5.71 Å². The maximum absolute atomic E-state index is 11.4. The predicted octanol–water partition coefficient (Wildman–Crippen LogP) is 1.96. The molecular formula is C16H14ClN5O2. The standard InChI is InChI=1S/C16H14ClN5O2/c1-2-14(23)22-10-4-8(3-9(17)5-10)13-6-11(12(18)7-21-13)15(19)16(20)24/h2-7,19H,1,18H2,(H2,20,24)(H,22,23). The molecule has 1 aromatic carbocycles. The summed E-state index contributed by atoms with van der Waals surface area (Å²) in [6.07, 6.45) is 2.46. The van der Waals surface area contributed by atoms with Crippen molar-refractivity contribution < 1.29 is 9.59 Å². The lowest BCUT2D eigenvalue weighted by Crippen LogP contribution is -2.24. The number of carbonyl (C=O) groups excluding carboxylic acids is 2. The molecule has 2 amide bonds. The molecule has 0 radical (unpaired) electrons. The molecule has 2 rings (SSSR count). The third kappa shape index (κ3) is 3.76. The first kappa shape index (κ1) is 17.2. The maximum Gasteiger partial charge on any atom is 0.267 e. The third-order valence-corrected chi connectivity index (χ3v) is 3.32. The van der Waals surface area contributed by atoms with Crippen molar-refractivity contribution in [1.82, 2.24) is 4.98 Å². The molecule has 6 N–H and O–H groups in total. The van der Waals surface area contributed by atoms with E-state index < -0.39 is 11.6 Å². The topological polar surface area (TPSA) is 135 Å². The van der Waals surface area contributed by atoms with Gasteiger partial charge in [-0.2, -0.15) is 0 Å². The Morgan fingerprint density at radius 2 is 2.00 bits per heavy atom. The fourth-order valence-corrected chi connectivity index (χ4v) is 2.21. The molecule has 0 fully saturated rings. The summed E-state index contributed by atoms with van der Waals surface area (Å²) in [6, 6.07) is 6.30. The van der Waals surface area contributed by atoms with Gasteiger partial charge in [-0.15, -0.1) is 0 Å². The number of amides is 2. The highest BCUT2D eigenvalue weighted by Gasteiger charge is 2.14. The predicted molar refractivity (Wildman–Crippen MR) is 93.9 cm³/mol. The normalized spacial score (nSPS) is 10.0.